The zero-order chi connectivity index (χ0) is 11.8. The Bertz CT molecular complexity index is 659. The number of halogens is 1. The van der Waals surface area contributed by atoms with Crippen LogP contribution >= 0.6 is 38.6 Å². The Labute approximate surface area is 113 Å². The summed E-state index contributed by atoms with van der Waals surface area (Å²) in [5.41, 5.74) is 0. The van der Waals surface area contributed by atoms with Gasteiger partial charge in [0.15, 0.2) is 0 Å². The van der Waals surface area contributed by atoms with Crippen LogP contribution in [0, 0.1) is 0 Å². The highest BCUT2D eigenvalue weighted by Gasteiger charge is 2.15. The van der Waals surface area contributed by atoms with Gasteiger partial charge in [-0.1, -0.05) is 5.16 Å². The first kappa shape index (κ1) is 10.9. The van der Waals surface area contributed by atoms with Gasteiger partial charge >= 0.3 is 0 Å². The Hall–Kier alpha value is -1.18. The molecule has 0 radical (unpaired) electrons. The van der Waals surface area contributed by atoms with Crippen molar-refractivity contribution in [1.82, 2.24) is 10.1 Å². The summed E-state index contributed by atoms with van der Waals surface area (Å²) in [6, 6.07) is 5.45. The molecule has 3 aromatic rings. The molecule has 0 saturated carbocycles. The number of aromatic hydroxyl groups is 1. The fraction of sp³-hybridized carbons (Fsp3) is 0. The van der Waals surface area contributed by atoms with E-state index < -0.39 is 0 Å². The van der Waals surface area contributed by atoms with Gasteiger partial charge in [-0.25, -0.2) is 0 Å². The first-order chi connectivity index (χ1) is 8.24. The molecule has 4 nitrogen and oxygen atoms in total. The largest absolute Gasteiger partial charge is 0.506 e. The molecule has 0 aliphatic rings. The van der Waals surface area contributed by atoms with Gasteiger partial charge in [0.2, 0.25) is 5.82 Å². The van der Waals surface area contributed by atoms with Crippen LogP contribution in [0.3, 0.4) is 0 Å². The van der Waals surface area contributed by atoms with E-state index in [0.29, 0.717) is 16.6 Å². The lowest BCUT2D eigenvalue weighted by Gasteiger charge is -1.87. The van der Waals surface area contributed by atoms with Crippen LogP contribution in [0.25, 0.3) is 21.5 Å². The van der Waals surface area contributed by atoms with Crippen molar-refractivity contribution in [2.24, 2.45) is 0 Å². The quantitative estimate of drug-likeness (QED) is 0.772. The fourth-order valence-corrected chi connectivity index (χ4v) is 3.33. The number of nitrogens with zero attached hydrogens (tertiary/aromatic N) is 2. The van der Waals surface area contributed by atoms with E-state index in [-0.39, 0.29) is 5.75 Å². The number of aromatic nitrogens is 2. The third-order valence-corrected chi connectivity index (χ3v) is 4.57. The maximum absolute atomic E-state index is 9.57. The molecule has 0 unspecified atom stereocenters. The van der Waals surface area contributed by atoms with E-state index in [1.165, 1.54) is 22.7 Å². The number of hydrogen-bond donors (Lipinski definition) is 1. The second kappa shape index (κ2) is 4.25. The van der Waals surface area contributed by atoms with Gasteiger partial charge in [-0.2, -0.15) is 4.98 Å². The lowest BCUT2D eigenvalue weighted by Crippen LogP contribution is -1.75. The standard InChI is InChI=1S/C10H5BrN2O2S2/c11-7-2-1-6(17-7)9-12-10(15-13-9)8-5(14)3-4-16-8/h1-4,14H. The van der Waals surface area contributed by atoms with Crippen LogP contribution in [-0.2, 0) is 0 Å². The van der Waals surface area contributed by atoms with E-state index >= 15 is 0 Å². The molecule has 0 bridgehead atoms. The summed E-state index contributed by atoms with van der Waals surface area (Å²) in [7, 11) is 0. The zero-order valence-electron chi connectivity index (χ0n) is 8.25. The van der Waals surface area contributed by atoms with Crippen molar-refractivity contribution in [1.29, 1.82) is 0 Å². The summed E-state index contributed by atoms with van der Waals surface area (Å²) in [4.78, 5) is 5.78. The maximum Gasteiger partial charge on any atom is 0.272 e. The van der Waals surface area contributed by atoms with Crippen LogP contribution in [0.1, 0.15) is 0 Å². The zero-order valence-corrected chi connectivity index (χ0v) is 11.5. The molecule has 1 N–H and O–H groups in total. The molecular weight excluding hydrogens is 324 g/mol. The first-order valence-electron chi connectivity index (χ1n) is 4.60. The maximum atomic E-state index is 9.57. The van der Waals surface area contributed by atoms with Gasteiger partial charge in [0, 0.05) is 0 Å². The summed E-state index contributed by atoms with van der Waals surface area (Å²) in [5.74, 6) is 1.04. The van der Waals surface area contributed by atoms with Gasteiger partial charge in [0.05, 0.1) is 8.66 Å². The van der Waals surface area contributed by atoms with E-state index in [0.717, 1.165) is 8.66 Å². The molecule has 0 spiro atoms. The number of thiophene rings is 2. The normalized spacial score (nSPS) is 10.9. The van der Waals surface area contributed by atoms with Gasteiger partial charge in [-0.3, -0.25) is 0 Å². The highest BCUT2D eigenvalue weighted by molar-refractivity contribution is 9.11. The Morgan fingerprint density at radius 2 is 2.18 bits per heavy atom. The van der Waals surface area contributed by atoms with Crippen molar-refractivity contribution < 1.29 is 9.63 Å². The Morgan fingerprint density at radius 1 is 1.29 bits per heavy atom. The van der Waals surface area contributed by atoms with Gasteiger partial charge in [-0.15, -0.1) is 22.7 Å². The smallest absolute Gasteiger partial charge is 0.272 e. The molecule has 0 aliphatic carbocycles. The highest BCUT2D eigenvalue weighted by atomic mass is 79.9. The van der Waals surface area contributed by atoms with Crippen LogP contribution in [-0.4, -0.2) is 15.2 Å². The van der Waals surface area contributed by atoms with Gasteiger partial charge in [-0.05, 0) is 39.5 Å². The molecule has 3 rings (SSSR count). The average molecular weight is 329 g/mol. The third kappa shape index (κ3) is 2.01. The van der Waals surface area contributed by atoms with Crippen molar-refractivity contribution in [2.75, 3.05) is 0 Å². The van der Waals surface area contributed by atoms with Crippen molar-refractivity contribution in [3.63, 3.8) is 0 Å². The lowest BCUT2D eigenvalue weighted by atomic mass is 10.4. The number of hydrogen-bond acceptors (Lipinski definition) is 6. The topological polar surface area (TPSA) is 59.2 Å². The minimum Gasteiger partial charge on any atom is -0.506 e. The van der Waals surface area contributed by atoms with Crippen molar-refractivity contribution in [2.45, 2.75) is 0 Å². The van der Waals surface area contributed by atoms with Crippen molar-refractivity contribution in [3.05, 3.63) is 27.4 Å². The lowest BCUT2D eigenvalue weighted by molar-refractivity contribution is 0.427. The SMILES string of the molecule is Oc1ccsc1-c1nc(-c2ccc(Br)s2)no1. The van der Waals surface area contributed by atoms with Crippen LogP contribution in [0.4, 0.5) is 0 Å². The minimum absolute atomic E-state index is 0.164. The molecule has 0 aromatic carbocycles. The fourth-order valence-electron chi connectivity index (χ4n) is 1.31. The Morgan fingerprint density at radius 3 is 2.82 bits per heavy atom. The molecule has 3 aromatic heterocycles. The summed E-state index contributed by atoms with van der Waals surface area (Å²) < 4.78 is 6.15. The van der Waals surface area contributed by atoms with Crippen LogP contribution in [0.15, 0.2) is 31.9 Å². The van der Waals surface area contributed by atoms with Crippen LogP contribution in [0.2, 0.25) is 0 Å². The van der Waals surface area contributed by atoms with E-state index in [2.05, 4.69) is 26.1 Å². The molecule has 0 fully saturated rings. The highest BCUT2D eigenvalue weighted by Crippen LogP contribution is 2.35. The van der Waals surface area contributed by atoms with E-state index in [9.17, 15) is 5.11 Å². The van der Waals surface area contributed by atoms with E-state index in [1.807, 2.05) is 12.1 Å². The van der Waals surface area contributed by atoms with Gasteiger partial charge < -0.3 is 9.63 Å². The molecule has 0 amide bonds. The van der Waals surface area contributed by atoms with Crippen molar-refractivity contribution in [3.8, 4) is 27.2 Å². The van der Waals surface area contributed by atoms with Crippen LogP contribution < -0.4 is 0 Å². The predicted molar refractivity (Wildman–Crippen MR) is 70.3 cm³/mol. The Balaban J connectivity index is 2.01. The van der Waals surface area contributed by atoms with Gasteiger partial charge in [0.25, 0.3) is 5.89 Å². The Kier molecular flexibility index (Phi) is 2.73. The summed E-state index contributed by atoms with van der Waals surface area (Å²) in [6.07, 6.45) is 0. The summed E-state index contributed by atoms with van der Waals surface area (Å²) in [5, 5.41) is 15.2. The summed E-state index contributed by atoms with van der Waals surface area (Å²) in [6.45, 7) is 0. The molecule has 3 heterocycles. The van der Waals surface area contributed by atoms with Crippen LogP contribution in [0.5, 0.6) is 5.75 Å². The average Bonchev–Trinajstić information content (AvgIpc) is 2.97. The second-order valence-electron chi connectivity index (χ2n) is 3.16. The third-order valence-electron chi connectivity index (χ3n) is 2.06. The monoisotopic (exact) mass is 328 g/mol. The van der Waals surface area contributed by atoms with E-state index in [4.69, 9.17) is 4.52 Å². The van der Waals surface area contributed by atoms with Crippen molar-refractivity contribution >= 4 is 38.6 Å². The minimum atomic E-state index is 0.164. The molecule has 0 saturated heterocycles. The van der Waals surface area contributed by atoms with Gasteiger partial charge in [0.1, 0.15) is 10.6 Å². The number of rotatable bonds is 2. The summed E-state index contributed by atoms with van der Waals surface area (Å²) >= 11 is 6.27. The molecule has 0 aliphatic heterocycles. The second-order valence-corrected chi connectivity index (χ2v) is 6.54. The van der Waals surface area contributed by atoms with E-state index in [1.54, 1.807) is 11.4 Å². The molecule has 7 heteroatoms. The molecule has 17 heavy (non-hydrogen) atoms. The first-order valence-corrected chi connectivity index (χ1v) is 7.09. The molecule has 0 atom stereocenters. The predicted octanol–water partition coefficient (Wildman–Crippen LogP) is 3.99. The molecule has 86 valence electrons. The molecular formula is C10H5BrN2O2S2.